The van der Waals surface area contributed by atoms with Gasteiger partial charge in [-0.3, -0.25) is 4.79 Å². The molecule has 1 rings (SSSR count). The average molecular weight is 181 g/mol. The topological polar surface area (TPSA) is 17.1 Å². The molecule has 0 heterocycles. The molecule has 1 aromatic rings. The van der Waals surface area contributed by atoms with Gasteiger partial charge < -0.3 is 0 Å². The van der Waals surface area contributed by atoms with E-state index in [1.165, 1.54) is 0 Å². The normalized spacial score (nSPS) is 11.3. The number of rotatable bonds is 2. The molecule has 1 aromatic carbocycles. The lowest BCUT2D eigenvalue weighted by Crippen LogP contribution is -1.83. The summed E-state index contributed by atoms with van der Waals surface area (Å²) >= 11 is 5.69. The van der Waals surface area contributed by atoms with Gasteiger partial charge in [0, 0.05) is 10.6 Å². The van der Waals surface area contributed by atoms with Gasteiger partial charge in [0.1, 0.15) is 6.29 Å². The molecule has 0 saturated carbocycles. The molecule has 0 fully saturated rings. The zero-order valence-electron chi connectivity index (χ0n) is 6.75. The Morgan fingerprint density at radius 1 is 1.33 bits per heavy atom. The second kappa shape index (κ2) is 4.07. The van der Waals surface area contributed by atoms with Crippen LogP contribution in [0, 0.1) is 0 Å². The van der Waals surface area contributed by atoms with Crippen molar-refractivity contribution in [3.05, 3.63) is 40.9 Å². The van der Waals surface area contributed by atoms with Crippen molar-refractivity contribution in [2.45, 2.75) is 6.92 Å². The molecule has 0 saturated heterocycles. The Kier molecular flexibility index (Phi) is 3.06. The molecule has 1 nitrogen and oxygen atoms in total. The molecule has 0 aliphatic rings. The fourth-order valence-corrected chi connectivity index (χ4v) is 1.07. The average Bonchev–Trinajstić information content (AvgIpc) is 2.10. The lowest BCUT2D eigenvalue weighted by Gasteiger charge is -1.98. The Hall–Kier alpha value is -1.08. The minimum Gasteiger partial charge on any atom is -0.298 e. The molecule has 12 heavy (non-hydrogen) atoms. The molecule has 0 aliphatic carbocycles. The maximum absolute atomic E-state index is 10.5. The lowest BCUT2D eigenvalue weighted by molar-refractivity contribution is -0.103. The molecule has 0 N–H and O–H groups in total. The zero-order valence-corrected chi connectivity index (χ0v) is 7.51. The number of aldehydes is 1. The standard InChI is InChI=1S/C10H9ClO/c1-2-8(7-12)9-3-5-10(11)6-4-9/h2-7H,1H3. The van der Waals surface area contributed by atoms with E-state index in [-0.39, 0.29) is 0 Å². The van der Waals surface area contributed by atoms with Gasteiger partial charge in [-0.05, 0) is 24.6 Å². The third-order valence-corrected chi connectivity index (χ3v) is 1.87. The van der Waals surface area contributed by atoms with E-state index in [0.717, 1.165) is 11.8 Å². The van der Waals surface area contributed by atoms with Gasteiger partial charge in [0.15, 0.2) is 0 Å². The highest BCUT2D eigenvalue weighted by Gasteiger charge is 1.97. The summed E-state index contributed by atoms with van der Waals surface area (Å²) in [6.45, 7) is 1.83. The van der Waals surface area contributed by atoms with Gasteiger partial charge in [-0.15, -0.1) is 0 Å². The van der Waals surface area contributed by atoms with Crippen LogP contribution in [0.4, 0.5) is 0 Å². The van der Waals surface area contributed by atoms with Crippen LogP contribution in [0.25, 0.3) is 5.57 Å². The predicted octanol–water partition coefficient (Wildman–Crippen LogP) is 2.94. The summed E-state index contributed by atoms with van der Waals surface area (Å²) in [5.74, 6) is 0. The van der Waals surface area contributed by atoms with Gasteiger partial charge in [-0.1, -0.05) is 29.8 Å². The van der Waals surface area contributed by atoms with Crippen molar-refractivity contribution in [2.75, 3.05) is 0 Å². The highest BCUT2D eigenvalue weighted by atomic mass is 35.5. The lowest BCUT2D eigenvalue weighted by atomic mass is 10.1. The fourth-order valence-electron chi connectivity index (χ4n) is 0.945. The Balaban J connectivity index is 3.04. The quantitative estimate of drug-likeness (QED) is 0.505. The Labute approximate surface area is 76.7 Å². The largest absolute Gasteiger partial charge is 0.298 e. The predicted molar refractivity (Wildman–Crippen MR) is 51.2 cm³/mol. The monoisotopic (exact) mass is 180 g/mol. The van der Waals surface area contributed by atoms with Crippen molar-refractivity contribution < 1.29 is 4.79 Å². The first-order valence-corrected chi connectivity index (χ1v) is 4.03. The van der Waals surface area contributed by atoms with Crippen molar-refractivity contribution >= 4 is 23.5 Å². The Bertz CT molecular complexity index is 298. The summed E-state index contributed by atoms with van der Waals surface area (Å²) < 4.78 is 0. The highest BCUT2D eigenvalue weighted by molar-refractivity contribution is 6.30. The number of hydrogen-bond acceptors (Lipinski definition) is 1. The number of carbonyl (C=O) groups excluding carboxylic acids is 1. The van der Waals surface area contributed by atoms with Crippen LogP contribution in [0.3, 0.4) is 0 Å². The van der Waals surface area contributed by atoms with E-state index in [1.807, 2.05) is 19.1 Å². The van der Waals surface area contributed by atoms with E-state index in [9.17, 15) is 4.79 Å². The van der Waals surface area contributed by atoms with E-state index in [2.05, 4.69) is 0 Å². The SMILES string of the molecule is CC=C(C=O)c1ccc(Cl)cc1. The summed E-state index contributed by atoms with van der Waals surface area (Å²) in [6, 6.07) is 7.19. The van der Waals surface area contributed by atoms with Crippen LogP contribution in [0.5, 0.6) is 0 Å². The molecule has 0 amide bonds. The van der Waals surface area contributed by atoms with Crippen molar-refractivity contribution in [2.24, 2.45) is 0 Å². The Morgan fingerprint density at radius 2 is 1.92 bits per heavy atom. The maximum Gasteiger partial charge on any atom is 0.150 e. The van der Waals surface area contributed by atoms with E-state index in [1.54, 1.807) is 18.2 Å². The summed E-state index contributed by atoms with van der Waals surface area (Å²) in [4.78, 5) is 10.5. The molecule has 0 bridgehead atoms. The minimum absolute atomic E-state index is 0.681. The van der Waals surface area contributed by atoms with Crippen LogP contribution in [0.15, 0.2) is 30.3 Å². The van der Waals surface area contributed by atoms with E-state index < -0.39 is 0 Å². The van der Waals surface area contributed by atoms with Gasteiger partial charge >= 0.3 is 0 Å². The van der Waals surface area contributed by atoms with Crippen molar-refractivity contribution in [1.82, 2.24) is 0 Å². The summed E-state index contributed by atoms with van der Waals surface area (Å²) in [5.41, 5.74) is 1.59. The first-order chi connectivity index (χ1) is 5.77. The molecule has 62 valence electrons. The number of hydrogen-bond donors (Lipinski definition) is 0. The zero-order chi connectivity index (χ0) is 8.97. The maximum atomic E-state index is 10.5. The molecule has 0 spiro atoms. The van der Waals surface area contributed by atoms with Crippen LogP contribution in [-0.2, 0) is 4.79 Å². The molecule has 0 aliphatic heterocycles. The molecule has 0 atom stereocenters. The number of carbonyl (C=O) groups is 1. The number of halogens is 1. The molecule has 0 unspecified atom stereocenters. The third-order valence-electron chi connectivity index (χ3n) is 1.62. The number of benzene rings is 1. The van der Waals surface area contributed by atoms with Gasteiger partial charge in [-0.2, -0.15) is 0 Å². The van der Waals surface area contributed by atoms with Crippen LogP contribution in [-0.4, -0.2) is 6.29 Å². The van der Waals surface area contributed by atoms with Crippen molar-refractivity contribution in [3.8, 4) is 0 Å². The second-order valence-corrected chi connectivity index (χ2v) is 2.81. The summed E-state index contributed by atoms with van der Waals surface area (Å²) in [7, 11) is 0. The first kappa shape index (κ1) is 9.01. The van der Waals surface area contributed by atoms with Crippen LogP contribution in [0.2, 0.25) is 5.02 Å². The Morgan fingerprint density at radius 3 is 2.33 bits per heavy atom. The van der Waals surface area contributed by atoms with E-state index >= 15 is 0 Å². The molecular weight excluding hydrogens is 172 g/mol. The van der Waals surface area contributed by atoms with Crippen LogP contribution >= 0.6 is 11.6 Å². The smallest absolute Gasteiger partial charge is 0.150 e. The van der Waals surface area contributed by atoms with E-state index in [0.29, 0.717) is 10.6 Å². The van der Waals surface area contributed by atoms with Crippen LogP contribution in [0.1, 0.15) is 12.5 Å². The highest BCUT2D eigenvalue weighted by Crippen LogP contribution is 2.15. The molecular formula is C10H9ClO. The minimum atomic E-state index is 0.681. The van der Waals surface area contributed by atoms with Gasteiger partial charge in [0.2, 0.25) is 0 Å². The van der Waals surface area contributed by atoms with Gasteiger partial charge in [0.05, 0.1) is 0 Å². The fraction of sp³-hybridized carbons (Fsp3) is 0.100. The summed E-state index contributed by atoms with van der Waals surface area (Å²) in [6.07, 6.45) is 2.61. The second-order valence-electron chi connectivity index (χ2n) is 2.37. The van der Waals surface area contributed by atoms with Gasteiger partial charge in [0.25, 0.3) is 0 Å². The van der Waals surface area contributed by atoms with Crippen LogP contribution < -0.4 is 0 Å². The third kappa shape index (κ3) is 1.95. The molecule has 2 heteroatoms. The van der Waals surface area contributed by atoms with Crippen molar-refractivity contribution in [1.29, 1.82) is 0 Å². The first-order valence-electron chi connectivity index (χ1n) is 3.65. The van der Waals surface area contributed by atoms with Crippen molar-refractivity contribution in [3.63, 3.8) is 0 Å². The summed E-state index contributed by atoms with van der Waals surface area (Å²) in [5, 5.41) is 0.681. The number of allylic oxidation sites excluding steroid dienone is 2. The van der Waals surface area contributed by atoms with Gasteiger partial charge in [-0.25, -0.2) is 0 Å². The molecule has 0 aromatic heterocycles. The van der Waals surface area contributed by atoms with E-state index in [4.69, 9.17) is 11.6 Å². The molecule has 0 radical (unpaired) electrons.